The average Bonchev–Trinajstić information content (AvgIpc) is 3.24. The lowest BCUT2D eigenvalue weighted by Crippen LogP contribution is -2.43. The van der Waals surface area contributed by atoms with Crippen LogP contribution < -0.4 is 10.5 Å². The Morgan fingerprint density at radius 1 is 1.03 bits per heavy atom. The molecule has 2 heterocycles. The van der Waals surface area contributed by atoms with Crippen molar-refractivity contribution in [2.45, 2.75) is 51.2 Å². The number of hydrogen-bond acceptors (Lipinski definition) is 5. The monoisotopic (exact) mass is 518 g/mol. The maximum atomic E-state index is 11.4. The number of hydrogen-bond donors (Lipinski definition) is 2. The number of carboxylic acids is 1. The van der Waals surface area contributed by atoms with Crippen LogP contribution in [0.25, 0.3) is 32.8 Å². The molecule has 0 aliphatic heterocycles. The largest absolute Gasteiger partial charge is 0.487 e. The minimum Gasteiger partial charge on any atom is -0.487 e. The van der Waals surface area contributed by atoms with Crippen LogP contribution in [-0.4, -0.2) is 25.8 Å². The number of anilines is 1. The van der Waals surface area contributed by atoms with E-state index in [9.17, 15) is 9.90 Å². The van der Waals surface area contributed by atoms with Gasteiger partial charge in [0.15, 0.2) is 0 Å². The highest BCUT2D eigenvalue weighted by atomic mass is 16.5. The Morgan fingerprint density at radius 3 is 2.56 bits per heavy atom. The lowest BCUT2D eigenvalue weighted by Gasteiger charge is -2.54. The number of para-hydroxylation sites is 1. The van der Waals surface area contributed by atoms with Crippen LogP contribution in [0.4, 0.5) is 5.82 Å². The number of aliphatic carboxylic acids is 1. The molecule has 196 valence electrons. The SMILES string of the molecule is Nc1nccc2ccc(-c3ccc4c(c3)c(COc3ccccc3CC(=O)O)nn4C3CC4(CCC4)C3)cc12. The van der Waals surface area contributed by atoms with Gasteiger partial charge >= 0.3 is 5.97 Å². The summed E-state index contributed by atoms with van der Waals surface area (Å²) in [5.41, 5.74) is 11.5. The summed E-state index contributed by atoms with van der Waals surface area (Å²) >= 11 is 0. The Labute approximate surface area is 226 Å². The second-order valence-corrected chi connectivity index (χ2v) is 11.1. The first-order valence-corrected chi connectivity index (χ1v) is 13.6. The van der Waals surface area contributed by atoms with Crippen LogP contribution in [0, 0.1) is 5.41 Å². The van der Waals surface area contributed by atoms with Crippen molar-refractivity contribution < 1.29 is 14.6 Å². The van der Waals surface area contributed by atoms with Gasteiger partial charge in [-0.05, 0) is 77.9 Å². The second-order valence-electron chi connectivity index (χ2n) is 11.1. The standard InChI is InChI=1S/C32H30N4O3/c33-31-25-14-21(7-6-20(25)10-13-34-31)22-8-9-28-26(15-22)27(35-36(28)24-17-32(18-24)11-3-12-32)19-39-29-5-2-1-4-23(29)16-30(37)38/h1-2,4-10,13-15,24H,3,11-12,16-19H2,(H2,33,34)(H,37,38). The number of fused-ring (bicyclic) bond motifs is 2. The first kappa shape index (κ1) is 23.7. The number of ether oxygens (including phenoxy) is 1. The predicted molar refractivity (Wildman–Crippen MR) is 152 cm³/mol. The van der Waals surface area contributed by atoms with Gasteiger partial charge in [0, 0.05) is 22.5 Å². The highest BCUT2D eigenvalue weighted by Crippen LogP contribution is 2.60. The minimum atomic E-state index is -0.883. The third kappa shape index (κ3) is 4.18. The number of benzene rings is 3. The first-order chi connectivity index (χ1) is 19.0. The van der Waals surface area contributed by atoms with E-state index >= 15 is 0 Å². The molecule has 39 heavy (non-hydrogen) atoms. The maximum absolute atomic E-state index is 11.4. The second kappa shape index (κ2) is 9.12. The third-order valence-electron chi connectivity index (χ3n) is 8.69. The molecule has 7 heteroatoms. The van der Waals surface area contributed by atoms with E-state index in [1.54, 1.807) is 12.3 Å². The lowest BCUT2D eigenvalue weighted by molar-refractivity contribution is -0.136. The molecule has 7 rings (SSSR count). The first-order valence-electron chi connectivity index (χ1n) is 13.6. The van der Waals surface area contributed by atoms with Gasteiger partial charge in [-0.3, -0.25) is 9.48 Å². The molecule has 0 bridgehead atoms. The summed E-state index contributed by atoms with van der Waals surface area (Å²) in [6.07, 6.45) is 8.03. The maximum Gasteiger partial charge on any atom is 0.307 e. The van der Waals surface area contributed by atoms with Crippen LogP contribution in [0.15, 0.2) is 72.9 Å². The van der Waals surface area contributed by atoms with E-state index in [0.717, 1.165) is 38.5 Å². The van der Waals surface area contributed by atoms with Crippen molar-refractivity contribution in [2.75, 3.05) is 5.73 Å². The fourth-order valence-electron chi connectivity index (χ4n) is 6.44. The molecule has 2 saturated carbocycles. The quantitative estimate of drug-likeness (QED) is 0.253. The lowest BCUT2D eigenvalue weighted by atomic mass is 9.54. The van der Waals surface area contributed by atoms with Gasteiger partial charge in [-0.2, -0.15) is 5.10 Å². The zero-order valence-corrected chi connectivity index (χ0v) is 21.6. The molecule has 0 atom stereocenters. The molecular formula is C32H30N4O3. The summed E-state index contributed by atoms with van der Waals surface area (Å²) in [4.78, 5) is 15.6. The number of pyridine rings is 1. The fourth-order valence-corrected chi connectivity index (χ4v) is 6.44. The fraction of sp³-hybridized carbons (Fsp3) is 0.281. The van der Waals surface area contributed by atoms with E-state index in [4.69, 9.17) is 15.6 Å². The highest BCUT2D eigenvalue weighted by molar-refractivity contribution is 5.95. The van der Waals surface area contributed by atoms with Crippen molar-refractivity contribution in [2.24, 2.45) is 5.41 Å². The van der Waals surface area contributed by atoms with Gasteiger partial charge in [0.1, 0.15) is 23.9 Å². The highest BCUT2D eigenvalue weighted by Gasteiger charge is 2.49. The average molecular weight is 519 g/mol. The number of aromatic nitrogens is 3. The summed E-state index contributed by atoms with van der Waals surface area (Å²) < 4.78 is 8.41. The summed E-state index contributed by atoms with van der Waals surface area (Å²) in [6.45, 7) is 0.260. The Kier molecular flexibility index (Phi) is 5.54. The van der Waals surface area contributed by atoms with E-state index in [1.165, 1.54) is 32.1 Å². The summed E-state index contributed by atoms with van der Waals surface area (Å²) in [5.74, 6) is 0.215. The molecule has 0 saturated heterocycles. The summed E-state index contributed by atoms with van der Waals surface area (Å²) in [5, 5.41) is 17.5. The zero-order valence-electron chi connectivity index (χ0n) is 21.6. The number of nitrogens with zero attached hydrogens (tertiary/aromatic N) is 3. The topological polar surface area (TPSA) is 103 Å². The number of nitrogen functional groups attached to an aromatic ring is 1. The van der Waals surface area contributed by atoms with Crippen LogP contribution in [0.3, 0.4) is 0 Å². The van der Waals surface area contributed by atoms with Crippen LogP contribution >= 0.6 is 0 Å². The Bertz CT molecular complexity index is 1730. The number of carboxylic acid groups (broad SMARTS) is 1. The Hall–Kier alpha value is -4.39. The van der Waals surface area contributed by atoms with E-state index < -0.39 is 5.97 Å². The Balaban J connectivity index is 1.27. The van der Waals surface area contributed by atoms with Crippen LogP contribution in [-0.2, 0) is 17.8 Å². The van der Waals surface area contributed by atoms with Gasteiger partial charge in [0.2, 0.25) is 0 Å². The molecular weight excluding hydrogens is 488 g/mol. The molecule has 3 N–H and O–H groups in total. The predicted octanol–water partition coefficient (Wildman–Crippen LogP) is 6.55. The smallest absolute Gasteiger partial charge is 0.307 e. The van der Waals surface area contributed by atoms with Crippen LogP contribution in [0.1, 0.15) is 49.4 Å². The van der Waals surface area contributed by atoms with Crippen molar-refractivity contribution in [1.82, 2.24) is 14.8 Å². The van der Waals surface area contributed by atoms with Gasteiger partial charge in [-0.1, -0.05) is 42.8 Å². The molecule has 5 aromatic rings. The minimum absolute atomic E-state index is 0.0837. The van der Waals surface area contributed by atoms with Crippen molar-refractivity contribution >= 4 is 33.5 Å². The van der Waals surface area contributed by atoms with E-state index in [-0.39, 0.29) is 13.0 Å². The number of rotatable bonds is 7. The molecule has 2 aliphatic carbocycles. The van der Waals surface area contributed by atoms with Gasteiger partial charge < -0.3 is 15.6 Å². The van der Waals surface area contributed by atoms with Gasteiger partial charge in [0.05, 0.1) is 18.0 Å². The molecule has 0 radical (unpaired) electrons. The molecule has 1 spiro atoms. The molecule has 2 aliphatic rings. The molecule has 3 aromatic carbocycles. The van der Waals surface area contributed by atoms with Crippen LogP contribution in [0.2, 0.25) is 0 Å². The van der Waals surface area contributed by atoms with E-state index in [2.05, 4.69) is 46.1 Å². The third-order valence-corrected chi connectivity index (χ3v) is 8.69. The zero-order chi connectivity index (χ0) is 26.6. The van der Waals surface area contributed by atoms with Crippen molar-refractivity contribution in [3.63, 3.8) is 0 Å². The normalized spacial score (nSPS) is 16.3. The summed E-state index contributed by atoms with van der Waals surface area (Å²) in [7, 11) is 0. The Morgan fingerprint density at radius 2 is 1.79 bits per heavy atom. The van der Waals surface area contributed by atoms with Crippen molar-refractivity contribution in [3.8, 4) is 16.9 Å². The van der Waals surface area contributed by atoms with E-state index in [0.29, 0.717) is 28.6 Å². The number of nitrogens with two attached hydrogens (primary N) is 1. The van der Waals surface area contributed by atoms with Crippen molar-refractivity contribution in [1.29, 1.82) is 0 Å². The van der Waals surface area contributed by atoms with Crippen molar-refractivity contribution in [3.05, 3.63) is 84.2 Å². The van der Waals surface area contributed by atoms with Crippen LogP contribution in [0.5, 0.6) is 5.75 Å². The van der Waals surface area contributed by atoms with Gasteiger partial charge in [-0.15, -0.1) is 0 Å². The molecule has 2 fully saturated rings. The molecule has 0 unspecified atom stereocenters. The molecule has 2 aromatic heterocycles. The number of carbonyl (C=O) groups is 1. The molecule has 7 nitrogen and oxygen atoms in total. The van der Waals surface area contributed by atoms with Gasteiger partial charge in [-0.25, -0.2) is 4.98 Å². The molecule has 0 amide bonds. The van der Waals surface area contributed by atoms with E-state index in [1.807, 2.05) is 24.3 Å². The van der Waals surface area contributed by atoms with Gasteiger partial charge in [0.25, 0.3) is 0 Å². The summed E-state index contributed by atoms with van der Waals surface area (Å²) in [6, 6.07) is 22.5.